The van der Waals surface area contributed by atoms with Gasteiger partial charge in [-0.25, -0.2) is 4.79 Å². The molecular formula is C20H14BrClO5. The highest BCUT2D eigenvalue weighted by Crippen LogP contribution is 2.37. The first-order valence-electron chi connectivity index (χ1n) is 7.85. The summed E-state index contributed by atoms with van der Waals surface area (Å²) in [5.41, 5.74) is 1.54. The van der Waals surface area contributed by atoms with E-state index in [1.54, 1.807) is 48.6 Å². The standard InChI is InChI=1S/C20H14BrClO5/c1-11(23)26-19-13(8-15(21)10-18(19)25-2)7-14-9-17(27-20(14)24)12-3-5-16(22)6-4-12/h3-10H,1-2H3/b14-7-. The maximum Gasteiger partial charge on any atom is 0.343 e. The van der Waals surface area contributed by atoms with E-state index in [0.29, 0.717) is 32.1 Å². The SMILES string of the molecule is COc1cc(Br)cc(/C=C2/C=C(c3ccc(Cl)cc3)OC2=O)c1OC(C)=O. The van der Waals surface area contributed by atoms with Gasteiger partial charge in [-0.3, -0.25) is 4.79 Å². The van der Waals surface area contributed by atoms with E-state index in [1.165, 1.54) is 14.0 Å². The molecule has 0 spiro atoms. The minimum absolute atomic E-state index is 0.224. The minimum atomic E-state index is -0.507. The number of benzene rings is 2. The van der Waals surface area contributed by atoms with Gasteiger partial charge in [0, 0.05) is 27.5 Å². The Labute approximate surface area is 169 Å². The van der Waals surface area contributed by atoms with E-state index in [1.807, 2.05) is 0 Å². The predicted molar refractivity (Wildman–Crippen MR) is 106 cm³/mol. The molecule has 0 atom stereocenters. The summed E-state index contributed by atoms with van der Waals surface area (Å²) in [6.45, 7) is 1.29. The summed E-state index contributed by atoms with van der Waals surface area (Å²) in [5.74, 6) is -0.00483. The first-order valence-corrected chi connectivity index (χ1v) is 9.02. The van der Waals surface area contributed by atoms with Gasteiger partial charge in [-0.05, 0) is 48.6 Å². The van der Waals surface area contributed by atoms with Gasteiger partial charge < -0.3 is 14.2 Å². The Hall–Kier alpha value is -2.57. The summed E-state index contributed by atoms with van der Waals surface area (Å²) in [4.78, 5) is 23.7. The molecule has 0 saturated carbocycles. The monoisotopic (exact) mass is 448 g/mol. The minimum Gasteiger partial charge on any atom is -0.493 e. The van der Waals surface area contributed by atoms with Crippen LogP contribution < -0.4 is 9.47 Å². The van der Waals surface area contributed by atoms with Crippen molar-refractivity contribution in [2.75, 3.05) is 7.11 Å². The van der Waals surface area contributed by atoms with Gasteiger partial charge in [-0.2, -0.15) is 0 Å². The molecule has 0 aliphatic carbocycles. The van der Waals surface area contributed by atoms with E-state index in [0.717, 1.165) is 5.56 Å². The third kappa shape index (κ3) is 4.40. The zero-order valence-corrected chi connectivity index (χ0v) is 16.8. The molecule has 0 aromatic heterocycles. The highest BCUT2D eigenvalue weighted by Gasteiger charge is 2.23. The van der Waals surface area contributed by atoms with Crippen LogP contribution in [0, 0.1) is 0 Å². The van der Waals surface area contributed by atoms with E-state index in [2.05, 4.69) is 15.9 Å². The van der Waals surface area contributed by atoms with Crippen molar-refractivity contribution in [2.45, 2.75) is 6.92 Å². The Kier molecular flexibility index (Phi) is 5.68. The average molecular weight is 450 g/mol. The Morgan fingerprint density at radius 1 is 1.22 bits per heavy atom. The zero-order chi connectivity index (χ0) is 19.6. The van der Waals surface area contributed by atoms with Gasteiger partial charge in [0.05, 0.1) is 12.7 Å². The van der Waals surface area contributed by atoms with Crippen molar-refractivity contribution < 1.29 is 23.8 Å². The van der Waals surface area contributed by atoms with E-state index < -0.39 is 11.9 Å². The number of carbonyl (C=O) groups is 2. The van der Waals surface area contributed by atoms with Gasteiger partial charge in [-0.1, -0.05) is 27.5 Å². The van der Waals surface area contributed by atoms with Gasteiger partial charge in [-0.15, -0.1) is 0 Å². The Morgan fingerprint density at radius 2 is 1.93 bits per heavy atom. The van der Waals surface area contributed by atoms with Crippen LogP contribution in [0.1, 0.15) is 18.1 Å². The molecule has 1 aliphatic heterocycles. The first kappa shape index (κ1) is 19.2. The summed E-state index contributed by atoms with van der Waals surface area (Å²) in [6.07, 6.45) is 3.20. The van der Waals surface area contributed by atoms with Crippen molar-refractivity contribution in [3.8, 4) is 11.5 Å². The molecule has 1 heterocycles. The second kappa shape index (κ2) is 7.98. The van der Waals surface area contributed by atoms with Crippen LogP contribution in [-0.4, -0.2) is 19.0 Å². The molecule has 2 aromatic carbocycles. The van der Waals surface area contributed by atoms with Crippen LogP contribution in [0.3, 0.4) is 0 Å². The number of rotatable bonds is 4. The lowest BCUT2D eigenvalue weighted by atomic mass is 10.1. The lowest BCUT2D eigenvalue weighted by molar-refractivity contribution is -0.132. The largest absolute Gasteiger partial charge is 0.493 e. The van der Waals surface area contributed by atoms with Gasteiger partial charge in [0.1, 0.15) is 5.76 Å². The lowest BCUT2D eigenvalue weighted by Gasteiger charge is -2.12. The second-order valence-corrected chi connectivity index (χ2v) is 6.98. The molecule has 0 amide bonds. The first-order chi connectivity index (χ1) is 12.9. The maximum absolute atomic E-state index is 12.3. The van der Waals surface area contributed by atoms with Crippen molar-refractivity contribution in [3.63, 3.8) is 0 Å². The van der Waals surface area contributed by atoms with Crippen LogP contribution in [0.15, 0.2) is 52.5 Å². The second-order valence-electron chi connectivity index (χ2n) is 5.62. The molecule has 0 radical (unpaired) electrons. The number of carbonyl (C=O) groups excluding carboxylic acids is 2. The lowest BCUT2D eigenvalue weighted by Crippen LogP contribution is -2.05. The topological polar surface area (TPSA) is 61.8 Å². The maximum atomic E-state index is 12.3. The molecule has 7 heteroatoms. The fourth-order valence-corrected chi connectivity index (χ4v) is 3.09. The molecule has 27 heavy (non-hydrogen) atoms. The van der Waals surface area contributed by atoms with Crippen LogP contribution in [0.4, 0.5) is 0 Å². The summed E-state index contributed by atoms with van der Waals surface area (Å²) in [7, 11) is 1.47. The number of esters is 2. The van der Waals surface area contributed by atoms with Gasteiger partial charge in [0.2, 0.25) is 0 Å². The van der Waals surface area contributed by atoms with Crippen molar-refractivity contribution in [1.29, 1.82) is 0 Å². The average Bonchev–Trinajstić information content (AvgIpc) is 2.98. The van der Waals surface area contributed by atoms with Crippen molar-refractivity contribution in [3.05, 3.63) is 68.7 Å². The highest BCUT2D eigenvalue weighted by atomic mass is 79.9. The molecule has 0 unspecified atom stereocenters. The van der Waals surface area contributed by atoms with Crippen LogP contribution in [0.2, 0.25) is 5.02 Å². The quantitative estimate of drug-likeness (QED) is 0.373. The van der Waals surface area contributed by atoms with Gasteiger partial charge in [0.15, 0.2) is 11.5 Å². The Bertz CT molecular complexity index is 977. The normalized spacial score (nSPS) is 14.7. The highest BCUT2D eigenvalue weighted by molar-refractivity contribution is 9.10. The third-order valence-electron chi connectivity index (χ3n) is 3.68. The summed E-state index contributed by atoms with van der Waals surface area (Å²) < 4.78 is 16.6. The molecular weight excluding hydrogens is 436 g/mol. The fourth-order valence-electron chi connectivity index (χ4n) is 2.51. The molecule has 3 rings (SSSR count). The Morgan fingerprint density at radius 3 is 2.56 bits per heavy atom. The Balaban J connectivity index is 2.05. The van der Waals surface area contributed by atoms with Crippen molar-refractivity contribution in [1.82, 2.24) is 0 Å². The molecule has 1 aliphatic rings. The third-order valence-corrected chi connectivity index (χ3v) is 4.39. The van der Waals surface area contributed by atoms with E-state index in [-0.39, 0.29) is 5.75 Å². The smallest absolute Gasteiger partial charge is 0.343 e. The molecule has 0 N–H and O–H groups in total. The molecule has 5 nitrogen and oxygen atoms in total. The van der Waals surface area contributed by atoms with Gasteiger partial charge >= 0.3 is 11.9 Å². The van der Waals surface area contributed by atoms with Crippen LogP contribution in [0.5, 0.6) is 11.5 Å². The molecule has 138 valence electrons. The fraction of sp³-hybridized carbons (Fsp3) is 0.100. The van der Waals surface area contributed by atoms with Crippen molar-refractivity contribution >= 4 is 51.3 Å². The van der Waals surface area contributed by atoms with Crippen LogP contribution >= 0.6 is 27.5 Å². The molecule has 0 bridgehead atoms. The number of ether oxygens (including phenoxy) is 3. The van der Waals surface area contributed by atoms with E-state index >= 15 is 0 Å². The number of methoxy groups -OCH3 is 1. The van der Waals surface area contributed by atoms with Crippen molar-refractivity contribution in [2.24, 2.45) is 0 Å². The van der Waals surface area contributed by atoms with Gasteiger partial charge in [0.25, 0.3) is 0 Å². The number of hydrogen-bond donors (Lipinski definition) is 0. The summed E-state index contributed by atoms with van der Waals surface area (Å²) in [6, 6.07) is 10.3. The molecule has 0 fully saturated rings. The molecule has 2 aromatic rings. The summed E-state index contributed by atoms with van der Waals surface area (Å²) >= 11 is 9.27. The molecule has 0 saturated heterocycles. The van der Waals surface area contributed by atoms with E-state index in [4.69, 9.17) is 25.8 Å². The van der Waals surface area contributed by atoms with Crippen LogP contribution in [0.25, 0.3) is 11.8 Å². The number of hydrogen-bond acceptors (Lipinski definition) is 5. The van der Waals surface area contributed by atoms with E-state index in [9.17, 15) is 9.59 Å². The predicted octanol–water partition coefficient (Wildman–Crippen LogP) is 5.02. The summed E-state index contributed by atoms with van der Waals surface area (Å²) in [5, 5.41) is 0.590. The zero-order valence-electron chi connectivity index (χ0n) is 14.4. The van der Waals surface area contributed by atoms with Crippen LogP contribution in [-0.2, 0) is 14.3 Å². The number of cyclic esters (lactones) is 1. The number of halogens is 2.